The minimum atomic E-state index is -0.230. The summed E-state index contributed by atoms with van der Waals surface area (Å²) in [5, 5.41) is 0. The Labute approximate surface area is 121 Å². The van der Waals surface area contributed by atoms with Gasteiger partial charge in [-0.05, 0) is 17.0 Å². The maximum absolute atomic E-state index is 12.4. The van der Waals surface area contributed by atoms with E-state index in [0.29, 0.717) is 23.6 Å². The highest BCUT2D eigenvalue weighted by Crippen LogP contribution is 2.15. The van der Waals surface area contributed by atoms with Gasteiger partial charge in [-0.2, -0.15) is 4.98 Å². The van der Waals surface area contributed by atoms with Gasteiger partial charge in [-0.3, -0.25) is 9.36 Å². The largest absolute Gasteiger partial charge is 0.369 e. The van der Waals surface area contributed by atoms with E-state index in [2.05, 4.69) is 40.9 Å². The molecule has 0 atom stereocenters. The van der Waals surface area contributed by atoms with Gasteiger partial charge in [0, 0.05) is 0 Å². The van der Waals surface area contributed by atoms with Crippen LogP contribution < -0.4 is 11.3 Å². The summed E-state index contributed by atoms with van der Waals surface area (Å²) in [6.45, 7) is 4.68. The number of nitrogens with zero attached hydrogens (tertiary/aromatic N) is 3. The molecule has 0 spiro atoms. The van der Waals surface area contributed by atoms with Crippen molar-refractivity contribution in [3.63, 3.8) is 0 Å². The van der Waals surface area contributed by atoms with Crippen molar-refractivity contribution in [2.75, 3.05) is 5.73 Å². The lowest BCUT2D eigenvalue weighted by Gasteiger charge is -2.10. The maximum atomic E-state index is 12.4. The van der Waals surface area contributed by atoms with E-state index in [9.17, 15) is 4.79 Å². The number of rotatable bonds is 3. The molecular weight excluding hydrogens is 266 g/mol. The number of benzene rings is 1. The van der Waals surface area contributed by atoms with Crippen LogP contribution in [0.25, 0.3) is 11.2 Å². The molecular formula is C15H17N5O. The van der Waals surface area contributed by atoms with Crippen molar-refractivity contribution in [2.45, 2.75) is 26.3 Å². The van der Waals surface area contributed by atoms with Crippen molar-refractivity contribution >= 4 is 17.1 Å². The van der Waals surface area contributed by atoms with Crippen LogP contribution in [-0.4, -0.2) is 19.5 Å². The molecule has 0 fully saturated rings. The minimum Gasteiger partial charge on any atom is -0.369 e. The zero-order chi connectivity index (χ0) is 15.0. The fourth-order valence-electron chi connectivity index (χ4n) is 2.28. The van der Waals surface area contributed by atoms with Crippen LogP contribution in [0.2, 0.25) is 0 Å². The number of nitrogens with one attached hydrogen (secondary N) is 1. The maximum Gasteiger partial charge on any atom is 0.283 e. The van der Waals surface area contributed by atoms with Gasteiger partial charge in [0.2, 0.25) is 5.95 Å². The molecule has 3 aromatic rings. The van der Waals surface area contributed by atoms with Crippen LogP contribution in [0, 0.1) is 0 Å². The first kappa shape index (κ1) is 13.4. The Balaban J connectivity index is 1.99. The number of nitrogen functional groups attached to an aromatic ring is 1. The molecule has 6 heteroatoms. The lowest BCUT2D eigenvalue weighted by Crippen LogP contribution is -2.25. The van der Waals surface area contributed by atoms with Crippen LogP contribution in [0.4, 0.5) is 5.95 Å². The number of aromatic amines is 1. The van der Waals surface area contributed by atoms with Gasteiger partial charge >= 0.3 is 0 Å². The monoisotopic (exact) mass is 283 g/mol. The molecule has 0 aliphatic rings. The third kappa shape index (κ3) is 2.40. The van der Waals surface area contributed by atoms with E-state index in [-0.39, 0.29) is 11.5 Å². The first-order valence-corrected chi connectivity index (χ1v) is 6.84. The van der Waals surface area contributed by atoms with E-state index in [1.165, 1.54) is 16.5 Å². The summed E-state index contributed by atoms with van der Waals surface area (Å²) < 4.78 is 1.44. The third-order valence-electron chi connectivity index (χ3n) is 3.56. The Bertz CT molecular complexity index is 829. The van der Waals surface area contributed by atoms with E-state index >= 15 is 0 Å². The quantitative estimate of drug-likeness (QED) is 0.768. The second-order valence-corrected chi connectivity index (χ2v) is 5.36. The number of imidazole rings is 1. The molecule has 0 amide bonds. The SMILES string of the molecule is CC(C)c1ccc(Cn2c(N)nc3[nH]cnc3c2=O)cc1. The van der Waals surface area contributed by atoms with Crippen LogP contribution in [0.15, 0.2) is 35.4 Å². The van der Waals surface area contributed by atoms with E-state index < -0.39 is 0 Å². The molecule has 0 saturated heterocycles. The zero-order valence-corrected chi connectivity index (χ0v) is 12.0. The fourth-order valence-corrected chi connectivity index (χ4v) is 2.28. The molecule has 0 radical (unpaired) electrons. The highest BCUT2D eigenvalue weighted by atomic mass is 16.1. The number of hydrogen-bond donors (Lipinski definition) is 2. The summed E-state index contributed by atoms with van der Waals surface area (Å²) in [5.41, 5.74) is 8.64. The normalized spacial score (nSPS) is 11.4. The Kier molecular flexibility index (Phi) is 3.21. The summed E-state index contributed by atoms with van der Waals surface area (Å²) in [7, 11) is 0. The summed E-state index contributed by atoms with van der Waals surface area (Å²) in [5.74, 6) is 0.665. The number of hydrogen-bond acceptors (Lipinski definition) is 4. The average Bonchev–Trinajstić information content (AvgIpc) is 2.92. The zero-order valence-electron chi connectivity index (χ0n) is 12.0. The molecule has 2 aromatic heterocycles. The van der Waals surface area contributed by atoms with Gasteiger partial charge in [0.15, 0.2) is 11.2 Å². The van der Waals surface area contributed by atoms with Gasteiger partial charge in [0.05, 0.1) is 12.9 Å². The van der Waals surface area contributed by atoms with Crippen molar-refractivity contribution in [1.82, 2.24) is 19.5 Å². The fraction of sp³-hybridized carbons (Fsp3) is 0.267. The first-order chi connectivity index (χ1) is 10.1. The predicted molar refractivity (Wildman–Crippen MR) is 82.2 cm³/mol. The number of nitrogens with two attached hydrogens (primary N) is 1. The number of H-pyrrole nitrogens is 1. The molecule has 0 bridgehead atoms. The molecule has 2 heterocycles. The molecule has 0 unspecified atom stereocenters. The van der Waals surface area contributed by atoms with Crippen molar-refractivity contribution in [1.29, 1.82) is 0 Å². The lowest BCUT2D eigenvalue weighted by molar-refractivity contribution is 0.760. The van der Waals surface area contributed by atoms with Gasteiger partial charge in [-0.1, -0.05) is 38.1 Å². The molecule has 21 heavy (non-hydrogen) atoms. The number of aromatic nitrogens is 4. The Morgan fingerprint density at radius 2 is 2.00 bits per heavy atom. The van der Waals surface area contributed by atoms with Crippen LogP contribution in [-0.2, 0) is 6.54 Å². The molecule has 3 N–H and O–H groups in total. The predicted octanol–water partition coefficient (Wildman–Crippen LogP) is 1.87. The van der Waals surface area contributed by atoms with Gasteiger partial charge in [0.1, 0.15) is 0 Å². The Hall–Kier alpha value is -2.63. The Morgan fingerprint density at radius 3 is 2.67 bits per heavy atom. The minimum absolute atomic E-state index is 0.185. The second kappa shape index (κ2) is 5.05. The lowest BCUT2D eigenvalue weighted by atomic mass is 10.0. The highest BCUT2D eigenvalue weighted by molar-refractivity contribution is 5.69. The van der Waals surface area contributed by atoms with Gasteiger partial charge in [0.25, 0.3) is 5.56 Å². The summed E-state index contributed by atoms with van der Waals surface area (Å²) >= 11 is 0. The standard InChI is InChI=1S/C15H17N5O/c1-9(2)11-5-3-10(4-6-11)7-20-14(21)12-13(18-8-17-12)19-15(20)16/h3-6,8-9H,7H2,1-2H3,(H2,16,19)(H,17,18). The van der Waals surface area contributed by atoms with Crippen molar-refractivity contribution in [3.8, 4) is 0 Å². The van der Waals surface area contributed by atoms with Gasteiger partial charge in [-0.25, -0.2) is 4.98 Å². The van der Waals surface area contributed by atoms with E-state index in [0.717, 1.165) is 5.56 Å². The molecule has 108 valence electrons. The summed E-state index contributed by atoms with van der Waals surface area (Å²) in [6.07, 6.45) is 1.44. The Morgan fingerprint density at radius 1 is 1.29 bits per heavy atom. The summed E-state index contributed by atoms with van der Waals surface area (Å²) in [4.78, 5) is 23.3. The van der Waals surface area contributed by atoms with Crippen molar-refractivity contribution in [2.24, 2.45) is 0 Å². The topological polar surface area (TPSA) is 89.6 Å². The number of fused-ring (bicyclic) bond motifs is 1. The molecule has 0 aliphatic heterocycles. The average molecular weight is 283 g/mol. The summed E-state index contributed by atoms with van der Waals surface area (Å²) in [6, 6.07) is 8.16. The van der Waals surface area contributed by atoms with E-state index in [1.54, 1.807) is 0 Å². The van der Waals surface area contributed by atoms with Gasteiger partial charge in [-0.15, -0.1) is 0 Å². The molecule has 6 nitrogen and oxygen atoms in total. The van der Waals surface area contributed by atoms with Crippen molar-refractivity contribution in [3.05, 3.63) is 52.1 Å². The third-order valence-corrected chi connectivity index (χ3v) is 3.56. The number of anilines is 1. The molecule has 1 aromatic carbocycles. The van der Waals surface area contributed by atoms with Crippen LogP contribution in [0.1, 0.15) is 30.9 Å². The van der Waals surface area contributed by atoms with E-state index in [1.807, 2.05) is 12.1 Å². The first-order valence-electron chi connectivity index (χ1n) is 6.84. The van der Waals surface area contributed by atoms with Crippen LogP contribution in [0.5, 0.6) is 0 Å². The molecule has 3 rings (SSSR count). The van der Waals surface area contributed by atoms with E-state index in [4.69, 9.17) is 5.73 Å². The molecule has 0 aliphatic carbocycles. The van der Waals surface area contributed by atoms with Crippen LogP contribution in [0.3, 0.4) is 0 Å². The van der Waals surface area contributed by atoms with Crippen molar-refractivity contribution < 1.29 is 0 Å². The molecule has 0 saturated carbocycles. The van der Waals surface area contributed by atoms with Gasteiger partial charge < -0.3 is 10.7 Å². The smallest absolute Gasteiger partial charge is 0.283 e. The van der Waals surface area contributed by atoms with Crippen LogP contribution >= 0.6 is 0 Å². The highest BCUT2D eigenvalue weighted by Gasteiger charge is 2.11. The second-order valence-electron chi connectivity index (χ2n) is 5.36.